The molecular weight excluding hydrogens is 363 g/mol. The molecule has 1 aliphatic rings. The van der Waals surface area contributed by atoms with Gasteiger partial charge in [0, 0.05) is 19.0 Å². The molecule has 0 radical (unpaired) electrons. The number of H-pyrrole nitrogens is 1. The van der Waals surface area contributed by atoms with Crippen molar-refractivity contribution in [2.24, 2.45) is 0 Å². The Morgan fingerprint density at radius 1 is 1.36 bits per heavy atom. The van der Waals surface area contributed by atoms with Crippen molar-refractivity contribution in [1.82, 2.24) is 19.1 Å². The third-order valence-electron chi connectivity index (χ3n) is 4.55. The molecule has 0 aliphatic carbocycles. The molecule has 2 heterocycles. The van der Waals surface area contributed by atoms with E-state index >= 15 is 0 Å². The van der Waals surface area contributed by atoms with E-state index in [1.165, 1.54) is 12.1 Å². The summed E-state index contributed by atoms with van der Waals surface area (Å²) >= 11 is 5.33. The van der Waals surface area contributed by atoms with E-state index in [0.717, 1.165) is 24.2 Å². The van der Waals surface area contributed by atoms with Gasteiger partial charge >= 0.3 is 0 Å². The number of aromatic amines is 1. The van der Waals surface area contributed by atoms with Crippen LogP contribution in [0, 0.1) is 10.6 Å². The average Bonchev–Trinajstić information content (AvgIpc) is 2.98. The Kier molecular flexibility index (Phi) is 5.35. The second-order valence-corrected chi connectivity index (χ2v) is 8.84. The van der Waals surface area contributed by atoms with Crippen molar-refractivity contribution in [2.75, 3.05) is 18.8 Å². The lowest BCUT2D eigenvalue weighted by molar-refractivity contribution is 0.305. The van der Waals surface area contributed by atoms with Gasteiger partial charge in [-0.05, 0) is 49.7 Å². The Balaban J connectivity index is 1.85. The van der Waals surface area contributed by atoms with Gasteiger partial charge in [0.25, 0.3) is 0 Å². The summed E-state index contributed by atoms with van der Waals surface area (Å²) in [6.07, 6.45) is 1.65. The number of rotatable bonds is 5. The van der Waals surface area contributed by atoms with Crippen LogP contribution in [-0.2, 0) is 16.6 Å². The molecular formula is C16H21FN4O2S2. The van der Waals surface area contributed by atoms with Crippen LogP contribution in [0.5, 0.6) is 0 Å². The van der Waals surface area contributed by atoms with Gasteiger partial charge in [0.15, 0.2) is 4.77 Å². The molecule has 3 rings (SSSR count). The molecule has 1 fully saturated rings. The summed E-state index contributed by atoms with van der Waals surface area (Å²) in [4.78, 5) is 0. The molecule has 0 bridgehead atoms. The highest BCUT2D eigenvalue weighted by atomic mass is 32.2. The van der Waals surface area contributed by atoms with E-state index in [0.29, 0.717) is 24.4 Å². The monoisotopic (exact) mass is 384 g/mol. The highest BCUT2D eigenvalue weighted by Gasteiger charge is 2.31. The molecule has 1 aliphatic heterocycles. The summed E-state index contributed by atoms with van der Waals surface area (Å²) in [5.74, 6) is 0.559. The zero-order chi connectivity index (χ0) is 18.0. The standard InChI is InChI=1S/C16H21FN4O2S2/c1-2-25(22,23)20-9-3-4-13(11-20)15-18-19-16(24)21(15)10-12-5-7-14(17)8-6-12/h5-8,13H,2-4,9-11H2,1H3,(H,19,24). The minimum Gasteiger partial charge on any atom is -0.299 e. The van der Waals surface area contributed by atoms with Gasteiger partial charge in [-0.15, -0.1) is 0 Å². The van der Waals surface area contributed by atoms with E-state index in [1.807, 2.05) is 4.57 Å². The number of halogens is 1. The molecule has 1 aromatic carbocycles. The van der Waals surface area contributed by atoms with Crippen molar-refractivity contribution in [1.29, 1.82) is 0 Å². The van der Waals surface area contributed by atoms with Crippen molar-refractivity contribution in [3.8, 4) is 0 Å². The summed E-state index contributed by atoms with van der Waals surface area (Å²) in [6, 6.07) is 6.24. The molecule has 1 aromatic heterocycles. The van der Waals surface area contributed by atoms with Crippen molar-refractivity contribution in [3.63, 3.8) is 0 Å². The quantitative estimate of drug-likeness (QED) is 0.805. The molecule has 1 saturated heterocycles. The summed E-state index contributed by atoms with van der Waals surface area (Å²) in [5, 5.41) is 7.15. The van der Waals surface area contributed by atoms with Gasteiger partial charge in [0.1, 0.15) is 11.6 Å². The third-order valence-corrected chi connectivity index (χ3v) is 6.71. The first-order chi connectivity index (χ1) is 11.9. The Bertz CT molecular complexity index is 890. The van der Waals surface area contributed by atoms with Crippen LogP contribution in [0.1, 0.15) is 37.1 Å². The number of hydrogen-bond acceptors (Lipinski definition) is 4. The number of hydrogen-bond donors (Lipinski definition) is 1. The molecule has 0 spiro atoms. The molecule has 6 nitrogen and oxygen atoms in total. The number of nitrogens with zero attached hydrogens (tertiary/aromatic N) is 3. The van der Waals surface area contributed by atoms with Gasteiger partial charge in [-0.3, -0.25) is 9.67 Å². The first kappa shape index (κ1) is 18.2. The van der Waals surface area contributed by atoms with Gasteiger partial charge < -0.3 is 0 Å². The summed E-state index contributed by atoms with van der Waals surface area (Å²) in [7, 11) is -3.21. The van der Waals surface area contributed by atoms with Gasteiger partial charge in [-0.25, -0.2) is 17.1 Å². The van der Waals surface area contributed by atoms with E-state index in [2.05, 4.69) is 10.2 Å². The number of sulfonamides is 1. The van der Waals surface area contributed by atoms with E-state index < -0.39 is 10.0 Å². The van der Waals surface area contributed by atoms with E-state index in [4.69, 9.17) is 12.2 Å². The number of piperidine rings is 1. The first-order valence-electron chi connectivity index (χ1n) is 8.28. The third kappa shape index (κ3) is 3.99. The van der Waals surface area contributed by atoms with Gasteiger partial charge in [0.05, 0.1) is 12.3 Å². The molecule has 1 N–H and O–H groups in total. The second kappa shape index (κ2) is 7.35. The highest BCUT2D eigenvalue weighted by Crippen LogP contribution is 2.27. The number of nitrogens with one attached hydrogen (secondary N) is 1. The van der Waals surface area contributed by atoms with Crippen molar-refractivity contribution in [3.05, 3.63) is 46.2 Å². The maximum atomic E-state index is 13.1. The maximum absolute atomic E-state index is 13.1. The predicted molar refractivity (Wildman–Crippen MR) is 95.9 cm³/mol. The van der Waals surface area contributed by atoms with Crippen LogP contribution in [0.25, 0.3) is 0 Å². The van der Waals surface area contributed by atoms with E-state index in [-0.39, 0.29) is 17.5 Å². The summed E-state index contributed by atoms with van der Waals surface area (Å²) < 4.78 is 41.3. The van der Waals surface area contributed by atoms with Crippen molar-refractivity contribution >= 4 is 22.2 Å². The fraction of sp³-hybridized carbons (Fsp3) is 0.500. The second-order valence-electron chi connectivity index (χ2n) is 6.20. The molecule has 1 unspecified atom stereocenters. The van der Waals surface area contributed by atoms with Crippen LogP contribution < -0.4 is 0 Å². The van der Waals surface area contributed by atoms with Crippen molar-refractivity contribution in [2.45, 2.75) is 32.2 Å². The van der Waals surface area contributed by atoms with Crippen LogP contribution >= 0.6 is 12.2 Å². The summed E-state index contributed by atoms with van der Waals surface area (Å²) in [6.45, 7) is 3.10. The van der Waals surface area contributed by atoms with Crippen LogP contribution in [-0.4, -0.2) is 46.3 Å². The lowest BCUT2D eigenvalue weighted by Gasteiger charge is -2.31. The van der Waals surface area contributed by atoms with Gasteiger partial charge in [0.2, 0.25) is 10.0 Å². The molecule has 2 aromatic rings. The molecule has 136 valence electrons. The molecule has 1 atom stereocenters. The minimum atomic E-state index is -3.21. The van der Waals surface area contributed by atoms with Gasteiger partial charge in [-0.1, -0.05) is 12.1 Å². The normalized spacial score (nSPS) is 19.2. The zero-order valence-electron chi connectivity index (χ0n) is 14.0. The van der Waals surface area contributed by atoms with E-state index in [9.17, 15) is 12.8 Å². The predicted octanol–water partition coefficient (Wildman–Crippen LogP) is 2.66. The number of aromatic nitrogens is 3. The van der Waals surface area contributed by atoms with Crippen LogP contribution in [0.4, 0.5) is 4.39 Å². The lowest BCUT2D eigenvalue weighted by atomic mass is 9.98. The minimum absolute atomic E-state index is 0.0107. The lowest BCUT2D eigenvalue weighted by Crippen LogP contribution is -2.40. The average molecular weight is 385 g/mol. The van der Waals surface area contributed by atoms with Crippen LogP contribution in [0.15, 0.2) is 24.3 Å². The van der Waals surface area contributed by atoms with Crippen LogP contribution in [0.3, 0.4) is 0 Å². The van der Waals surface area contributed by atoms with Crippen molar-refractivity contribution < 1.29 is 12.8 Å². The summed E-state index contributed by atoms with van der Waals surface area (Å²) in [5.41, 5.74) is 0.911. The molecule has 0 amide bonds. The van der Waals surface area contributed by atoms with E-state index in [1.54, 1.807) is 23.4 Å². The van der Waals surface area contributed by atoms with Gasteiger partial charge in [-0.2, -0.15) is 5.10 Å². The SMILES string of the molecule is CCS(=O)(=O)N1CCCC(c2n[nH]c(=S)n2Cc2ccc(F)cc2)C1. The zero-order valence-corrected chi connectivity index (χ0v) is 15.6. The first-order valence-corrected chi connectivity index (χ1v) is 10.3. The topological polar surface area (TPSA) is 71.0 Å². The Labute approximate surface area is 151 Å². The fourth-order valence-corrected chi connectivity index (χ4v) is 4.54. The number of benzene rings is 1. The highest BCUT2D eigenvalue weighted by molar-refractivity contribution is 7.89. The van der Waals surface area contributed by atoms with Crippen LogP contribution in [0.2, 0.25) is 0 Å². The largest absolute Gasteiger partial charge is 0.299 e. The smallest absolute Gasteiger partial charge is 0.213 e. The molecule has 25 heavy (non-hydrogen) atoms. The molecule has 9 heteroatoms. The molecule has 0 saturated carbocycles. The Morgan fingerprint density at radius 2 is 2.08 bits per heavy atom. The fourth-order valence-electron chi connectivity index (χ4n) is 3.16. The maximum Gasteiger partial charge on any atom is 0.213 e. The Morgan fingerprint density at radius 3 is 2.76 bits per heavy atom. The Hall–Kier alpha value is -1.58.